The van der Waals surface area contributed by atoms with Gasteiger partial charge in [0.15, 0.2) is 5.78 Å². The third-order valence-corrected chi connectivity index (χ3v) is 20.2. The van der Waals surface area contributed by atoms with Crippen LogP contribution in [-0.4, -0.2) is 177 Å². The number of nitrogens with zero attached hydrogens (tertiary/aromatic N) is 4. The van der Waals surface area contributed by atoms with Gasteiger partial charge in [0.05, 0.1) is 36.0 Å². The molecular formula is C69H107N7O12S2. The Kier molecular flexibility index (Phi) is 27.4. The van der Waals surface area contributed by atoms with Gasteiger partial charge in [-0.15, -0.1) is 23.5 Å². The van der Waals surface area contributed by atoms with Crippen LogP contribution in [0.1, 0.15) is 202 Å². The molecule has 21 heteroatoms. The molecule has 4 aliphatic rings. The maximum absolute atomic E-state index is 14.7. The highest BCUT2D eigenvalue weighted by atomic mass is 32.2. The monoisotopic (exact) mass is 1290 g/mol. The van der Waals surface area contributed by atoms with E-state index in [4.69, 9.17) is 18.9 Å². The highest BCUT2D eigenvalue weighted by molar-refractivity contribution is 8.00. The van der Waals surface area contributed by atoms with E-state index >= 15 is 0 Å². The van der Waals surface area contributed by atoms with Crippen molar-refractivity contribution in [3.63, 3.8) is 0 Å². The number of benzene rings is 2. The second kappa shape index (κ2) is 33.5. The number of rotatable bonds is 30. The number of amides is 7. The fourth-order valence-electron chi connectivity index (χ4n) is 12.5. The van der Waals surface area contributed by atoms with E-state index in [-0.39, 0.29) is 53.2 Å². The smallest absolute Gasteiger partial charge is 0.410 e. The first-order valence-electron chi connectivity index (χ1n) is 32.9. The molecule has 0 spiro atoms. The molecular weight excluding hydrogens is 1180 g/mol. The summed E-state index contributed by atoms with van der Waals surface area (Å²) < 4.78 is 23.5. The predicted octanol–water partition coefficient (Wildman–Crippen LogP) is 11.2. The van der Waals surface area contributed by atoms with E-state index in [9.17, 15) is 38.4 Å². The molecule has 4 aliphatic heterocycles. The third kappa shape index (κ3) is 21.1. The molecule has 0 aliphatic carbocycles. The first kappa shape index (κ1) is 73.7. The SMILES string of the molecule is C[C@@H](C(=O)N[C@H]1CCS[C@H]2CC(C)(C)C(C(=O)C[C@H](COCCCCCCCCCCCCOC[C@@H](NC(=O)[C@H]3N4C(=O)[C@@H](NC(=O)[C@H](C)N(C)C(=O)OC(C)(C)C)CCS[C@H]4CC3(C)C)c3ccccc3)c3ccccc3)N2C1=O)N(C)C(=O)OC(C)(C)C. The van der Waals surface area contributed by atoms with Crippen LogP contribution in [-0.2, 0) is 47.7 Å². The molecule has 0 radical (unpaired) electrons. The van der Waals surface area contributed by atoms with Crippen molar-refractivity contribution >= 4 is 71.0 Å². The molecule has 0 saturated carbocycles. The Balaban J connectivity index is 0.887. The summed E-state index contributed by atoms with van der Waals surface area (Å²) in [5, 5.41) is 8.67. The number of hydrogen-bond acceptors (Lipinski definition) is 14. The van der Waals surface area contributed by atoms with Gasteiger partial charge in [-0.25, -0.2) is 9.59 Å². The molecule has 4 fully saturated rings. The number of carbonyl (C=O) groups is 8. The van der Waals surface area contributed by atoms with Crippen molar-refractivity contribution in [3.05, 3.63) is 71.8 Å². The van der Waals surface area contributed by atoms with Crippen LogP contribution >= 0.6 is 23.5 Å². The first-order chi connectivity index (χ1) is 42.4. The van der Waals surface area contributed by atoms with Crippen LogP contribution < -0.4 is 16.0 Å². The minimum atomic E-state index is -0.897. The normalized spacial score (nSPS) is 22.8. The molecule has 10 atom stereocenters. The molecule has 0 aromatic heterocycles. The van der Waals surface area contributed by atoms with Gasteiger partial charge in [-0.05, 0) is 127 Å². The lowest BCUT2D eigenvalue weighted by Crippen LogP contribution is -2.58. The van der Waals surface area contributed by atoms with Gasteiger partial charge in [-0.2, -0.15) is 0 Å². The topological polar surface area (TPSA) is 223 Å². The fourth-order valence-corrected chi connectivity index (χ4v) is 15.6. The van der Waals surface area contributed by atoms with Gasteiger partial charge in [-0.1, -0.05) is 140 Å². The summed E-state index contributed by atoms with van der Waals surface area (Å²) in [5.74, 6) is -0.721. The second-order valence-electron chi connectivity index (χ2n) is 28.5. The molecule has 3 N–H and O–H groups in total. The zero-order valence-electron chi connectivity index (χ0n) is 56.4. The molecule has 0 bridgehead atoms. The largest absolute Gasteiger partial charge is 0.444 e. The minimum Gasteiger partial charge on any atom is -0.444 e. The summed E-state index contributed by atoms with van der Waals surface area (Å²) in [7, 11) is 3.00. The van der Waals surface area contributed by atoms with Crippen molar-refractivity contribution < 1.29 is 57.3 Å². The average Bonchev–Trinajstić information content (AvgIpc) is 1.61. The van der Waals surface area contributed by atoms with Gasteiger partial charge < -0.3 is 44.7 Å². The van der Waals surface area contributed by atoms with E-state index in [1.807, 2.05) is 74.5 Å². The Morgan fingerprint density at radius 3 is 1.40 bits per heavy atom. The van der Waals surface area contributed by atoms with Crippen LogP contribution in [0.3, 0.4) is 0 Å². The van der Waals surface area contributed by atoms with Crippen LogP contribution in [0, 0.1) is 10.8 Å². The molecule has 1 unspecified atom stereocenters. The highest BCUT2D eigenvalue weighted by Crippen LogP contribution is 2.48. The van der Waals surface area contributed by atoms with Gasteiger partial charge in [0, 0.05) is 39.6 Å². The average molecular weight is 1290 g/mol. The molecule has 502 valence electrons. The lowest BCUT2D eigenvalue weighted by molar-refractivity contribution is -0.144. The second-order valence-corrected chi connectivity index (χ2v) is 31.1. The standard InChI is InChI=1S/C69H107N7O12S2/c1-46(73(13)64(83)87-66(3,4)5)59(78)70-51-35-39-89-55-42-68(9,10)57(75(55)62(51)81)54(77)41-50(48-31-25-23-26-32-48)44-85-37-29-21-19-17-15-16-18-20-22-30-38-86-45-53(49-33-27-24-28-34-49)72-61(80)58-69(11,12)43-56-76(58)63(82)52(36-40-90-56)71-60(79)47(2)74(14)65(84)88-67(6,7)8/h23-28,31-34,46-47,50-53,55-58H,15-22,29-30,35-45H2,1-14H3,(H,70,78)(H,71,79)(H,72,80)/t46-,47-,50+,51-,52-,53+,55-,56-,57?,58+/m0/s1. The van der Waals surface area contributed by atoms with Crippen molar-refractivity contribution in [2.45, 2.75) is 250 Å². The van der Waals surface area contributed by atoms with Gasteiger partial charge in [-0.3, -0.25) is 38.6 Å². The molecule has 4 heterocycles. The van der Waals surface area contributed by atoms with Gasteiger partial charge in [0.2, 0.25) is 29.5 Å². The van der Waals surface area contributed by atoms with Gasteiger partial charge in [0.25, 0.3) is 0 Å². The van der Waals surface area contributed by atoms with Crippen molar-refractivity contribution in [2.75, 3.05) is 52.0 Å². The summed E-state index contributed by atoms with van der Waals surface area (Å²) in [4.78, 5) is 117. The van der Waals surface area contributed by atoms with Crippen molar-refractivity contribution in [3.8, 4) is 0 Å². The van der Waals surface area contributed by atoms with Crippen LogP contribution in [0.25, 0.3) is 0 Å². The summed E-state index contributed by atoms with van der Waals surface area (Å²) in [6.45, 7) is 23.7. The van der Waals surface area contributed by atoms with E-state index in [2.05, 4.69) is 29.8 Å². The number of ketones is 1. The fraction of sp³-hybridized carbons (Fsp3) is 0.710. The number of fused-ring (bicyclic) bond motifs is 2. The summed E-state index contributed by atoms with van der Waals surface area (Å²) in [5.41, 5.74) is -0.581. The van der Waals surface area contributed by atoms with Crippen molar-refractivity contribution in [1.82, 2.24) is 35.6 Å². The lowest BCUT2D eigenvalue weighted by atomic mass is 9.79. The number of ether oxygens (including phenoxy) is 4. The van der Waals surface area contributed by atoms with E-state index in [0.29, 0.717) is 57.0 Å². The maximum Gasteiger partial charge on any atom is 0.410 e. The number of nitrogens with one attached hydrogen (secondary N) is 3. The van der Waals surface area contributed by atoms with Crippen LogP contribution in [0.4, 0.5) is 9.59 Å². The van der Waals surface area contributed by atoms with Gasteiger partial charge >= 0.3 is 12.2 Å². The van der Waals surface area contributed by atoms with E-state index < -0.39 is 88.3 Å². The van der Waals surface area contributed by atoms with E-state index in [1.54, 1.807) is 88.7 Å². The number of unbranched alkanes of at least 4 members (excludes halogenated alkanes) is 9. The molecule has 4 saturated heterocycles. The summed E-state index contributed by atoms with van der Waals surface area (Å²) in [6.07, 6.45) is 11.8. The Bertz CT molecular complexity index is 2520. The molecule has 6 rings (SSSR count). The van der Waals surface area contributed by atoms with Crippen molar-refractivity contribution in [1.29, 1.82) is 0 Å². The number of hydrogen-bond donors (Lipinski definition) is 3. The van der Waals surface area contributed by atoms with Crippen LogP contribution in [0.5, 0.6) is 0 Å². The van der Waals surface area contributed by atoms with Gasteiger partial charge in [0.1, 0.15) is 41.4 Å². The van der Waals surface area contributed by atoms with E-state index in [0.717, 1.165) is 62.5 Å². The lowest BCUT2D eigenvalue weighted by Gasteiger charge is -2.35. The van der Waals surface area contributed by atoms with Crippen LogP contribution in [0.15, 0.2) is 60.7 Å². The Morgan fingerprint density at radius 1 is 0.578 bits per heavy atom. The zero-order valence-corrected chi connectivity index (χ0v) is 58.0. The predicted molar refractivity (Wildman–Crippen MR) is 355 cm³/mol. The molecule has 2 aromatic rings. The van der Waals surface area contributed by atoms with Crippen molar-refractivity contribution in [2.24, 2.45) is 10.8 Å². The van der Waals surface area contributed by atoms with Crippen LogP contribution in [0.2, 0.25) is 0 Å². The van der Waals surface area contributed by atoms with E-state index in [1.165, 1.54) is 36.7 Å². The number of thioether (sulfide) groups is 2. The Morgan fingerprint density at radius 2 is 0.967 bits per heavy atom. The molecule has 2 aromatic carbocycles. The Hall–Kier alpha value is -5.38. The Labute approximate surface area is 545 Å². The first-order valence-corrected chi connectivity index (χ1v) is 35.0. The third-order valence-electron chi connectivity index (χ3n) is 17.7. The molecule has 90 heavy (non-hydrogen) atoms. The summed E-state index contributed by atoms with van der Waals surface area (Å²) >= 11 is 3.28. The molecule has 7 amide bonds. The number of Topliss-reactive ketones (excluding diaryl/α,β-unsaturated/α-hetero) is 1. The maximum atomic E-state index is 14.7. The quantitative estimate of drug-likeness (QED) is 0.0619. The number of likely N-dealkylation sites (N-methyl/N-ethyl adjacent to an activating group) is 2. The molecule has 19 nitrogen and oxygen atoms in total. The summed E-state index contributed by atoms with van der Waals surface area (Å²) in [6, 6.07) is 14.4. The highest BCUT2D eigenvalue weighted by Gasteiger charge is 2.56. The minimum absolute atomic E-state index is 0.0144. The zero-order chi connectivity index (χ0) is 66.1. The number of carbonyl (C=O) groups excluding carboxylic acids is 8.